The van der Waals surface area contributed by atoms with E-state index in [9.17, 15) is 4.79 Å². The van der Waals surface area contributed by atoms with Gasteiger partial charge in [-0.05, 0) is 55.5 Å². The molecule has 4 heteroatoms. The molecule has 2 saturated carbocycles. The first kappa shape index (κ1) is 14.4. The molecule has 2 aromatic rings. The second kappa shape index (κ2) is 5.28. The molecule has 1 N–H and O–H groups in total. The fourth-order valence-electron chi connectivity index (χ4n) is 5.33. The maximum atomic E-state index is 12.9. The van der Waals surface area contributed by atoms with Gasteiger partial charge in [-0.2, -0.15) is 0 Å². The second-order valence-electron chi connectivity index (χ2n) is 7.51. The van der Waals surface area contributed by atoms with E-state index in [-0.39, 0.29) is 17.6 Å². The van der Waals surface area contributed by atoms with Crippen molar-refractivity contribution in [2.45, 2.75) is 43.7 Å². The van der Waals surface area contributed by atoms with Gasteiger partial charge in [-0.15, -0.1) is 0 Å². The van der Waals surface area contributed by atoms with Crippen molar-refractivity contribution in [3.05, 3.63) is 42.2 Å². The van der Waals surface area contributed by atoms with Crippen LogP contribution >= 0.6 is 0 Å². The van der Waals surface area contributed by atoms with E-state index in [4.69, 9.17) is 4.74 Å². The topological polar surface area (TPSA) is 51.2 Å². The number of carbonyl (C=O) groups excluding carboxylic acids is 1. The van der Waals surface area contributed by atoms with Crippen molar-refractivity contribution in [3.63, 3.8) is 0 Å². The Hall–Kier alpha value is -1.94. The predicted molar refractivity (Wildman–Crippen MR) is 91.7 cm³/mol. The number of fused-ring (bicyclic) bond motifs is 1. The standard InChI is InChI=1S/C20H22N2O2/c23-19(16-4-1-3-13-12-21-9-6-15(13)16)22-18-5-2-8-20-14(7-10-24-20)11-17(18)20/h1,3-4,6,9,12,14,17-18H,2,5,7-8,10-11H2,(H,22,23). The summed E-state index contributed by atoms with van der Waals surface area (Å²) in [6.07, 6.45) is 9.37. The van der Waals surface area contributed by atoms with Crippen molar-refractivity contribution < 1.29 is 9.53 Å². The van der Waals surface area contributed by atoms with Crippen LogP contribution in [0.2, 0.25) is 0 Å². The van der Waals surface area contributed by atoms with Gasteiger partial charge in [-0.3, -0.25) is 9.78 Å². The second-order valence-corrected chi connectivity index (χ2v) is 7.51. The van der Waals surface area contributed by atoms with Gasteiger partial charge in [-0.1, -0.05) is 12.1 Å². The van der Waals surface area contributed by atoms with Crippen molar-refractivity contribution in [2.24, 2.45) is 11.8 Å². The molecule has 4 nitrogen and oxygen atoms in total. The summed E-state index contributed by atoms with van der Waals surface area (Å²) in [5, 5.41) is 5.31. The van der Waals surface area contributed by atoms with Crippen LogP contribution in [-0.4, -0.2) is 29.1 Å². The van der Waals surface area contributed by atoms with Gasteiger partial charge >= 0.3 is 0 Å². The van der Waals surface area contributed by atoms with E-state index in [0.717, 1.165) is 41.7 Å². The summed E-state index contributed by atoms with van der Waals surface area (Å²) >= 11 is 0. The lowest BCUT2D eigenvalue weighted by molar-refractivity contribution is -0.166. The number of nitrogens with zero attached hydrogens (tertiary/aromatic N) is 1. The first-order valence-electron chi connectivity index (χ1n) is 9.05. The molecule has 1 saturated heterocycles. The van der Waals surface area contributed by atoms with Crippen LogP contribution in [0.5, 0.6) is 0 Å². The fraction of sp³-hybridized carbons (Fsp3) is 0.500. The third-order valence-electron chi connectivity index (χ3n) is 6.50. The highest BCUT2D eigenvalue weighted by Crippen LogP contribution is 2.59. The van der Waals surface area contributed by atoms with Crippen LogP contribution in [0.3, 0.4) is 0 Å². The van der Waals surface area contributed by atoms with Gasteiger partial charge in [0.2, 0.25) is 0 Å². The number of nitrogens with one attached hydrogen (secondary N) is 1. The largest absolute Gasteiger partial charge is 0.374 e. The minimum absolute atomic E-state index is 0.0373. The van der Waals surface area contributed by atoms with Crippen molar-refractivity contribution in [2.75, 3.05) is 6.61 Å². The van der Waals surface area contributed by atoms with Crippen LogP contribution in [0.4, 0.5) is 0 Å². The van der Waals surface area contributed by atoms with Crippen molar-refractivity contribution in [1.82, 2.24) is 10.3 Å². The third kappa shape index (κ3) is 1.95. The minimum Gasteiger partial charge on any atom is -0.374 e. The normalized spacial score (nSPS) is 34.2. The molecule has 124 valence electrons. The van der Waals surface area contributed by atoms with Crippen LogP contribution < -0.4 is 5.32 Å². The van der Waals surface area contributed by atoms with E-state index in [1.54, 1.807) is 6.20 Å². The summed E-state index contributed by atoms with van der Waals surface area (Å²) in [7, 11) is 0. The molecule has 3 aliphatic rings. The quantitative estimate of drug-likeness (QED) is 0.923. The molecule has 2 aliphatic carbocycles. The predicted octanol–water partition coefficient (Wildman–Crippen LogP) is 3.31. The van der Waals surface area contributed by atoms with E-state index in [1.807, 2.05) is 30.5 Å². The van der Waals surface area contributed by atoms with E-state index in [2.05, 4.69) is 10.3 Å². The Morgan fingerprint density at radius 3 is 3.17 bits per heavy atom. The number of aromatic nitrogens is 1. The molecule has 1 aromatic carbocycles. The summed E-state index contributed by atoms with van der Waals surface area (Å²) in [6, 6.07) is 8.01. The molecule has 1 spiro atoms. The highest BCUT2D eigenvalue weighted by atomic mass is 16.5. The zero-order valence-corrected chi connectivity index (χ0v) is 13.7. The Morgan fingerprint density at radius 1 is 1.29 bits per heavy atom. The Bertz CT molecular complexity index is 800. The minimum atomic E-state index is 0.0373. The zero-order valence-electron chi connectivity index (χ0n) is 13.7. The van der Waals surface area contributed by atoms with Gasteiger partial charge in [0.25, 0.3) is 5.91 Å². The number of carbonyl (C=O) groups is 1. The van der Waals surface area contributed by atoms with Crippen molar-refractivity contribution >= 4 is 16.7 Å². The number of pyridine rings is 1. The monoisotopic (exact) mass is 322 g/mol. The molecule has 1 amide bonds. The summed E-state index contributed by atoms with van der Waals surface area (Å²) < 4.78 is 6.17. The van der Waals surface area contributed by atoms with E-state index >= 15 is 0 Å². The molecular weight excluding hydrogens is 300 g/mol. The molecule has 1 aliphatic heterocycles. The lowest BCUT2D eigenvalue weighted by Crippen LogP contribution is -2.63. The summed E-state index contributed by atoms with van der Waals surface area (Å²) in [4.78, 5) is 17.1. The van der Waals surface area contributed by atoms with Crippen LogP contribution in [-0.2, 0) is 4.74 Å². The smallest absolute Gasteiger partial charge is 0.252 e. The fourth-order valence-corrected chi connectivity index (χ4v) is 5.33. The van der Waals surface area contributed by atoms with Gasteiger partial charge in [0.05, 0.1) is 5.60 Å². The lowest BCUT2D eigenvalue weighted by atomic mass is 9.53. The Morgan fingerprint density at radius 2 is 2.25 bits per heavy atom. The molecule has 0 bridgehead atoms. The molecule has 1 aromatic heterocycles. The summed E-state index contributed by atoms with van der Waals surface area (Å²) in [6.45, 7) is 0.901. The number of rotatable bonds is 2. The van der Waals surface area contributed by atoms with E-state index in [1.165, 1.54) is 19.3 Å². The number of benzene rings is 1. The third-order valence-corrected chi connectivity index (χ3v) is 6.50. The zero-order chi connectivity index (χ0) is 16.1. The van der Waals surface area contributed by atoms with Crippen LogP contribution in [0.1, 0.15) is 42.5 Å². The van der Waals surface area contributed by atoms with E-state index < -0.39 is 0 Å². The molecule has 4 atom stereocenters. The number of hydrogen-bond acceptors (Lipinski definition) is 3. The van der Waals surface area contributed by atoms with Gasteiger partial charge in [0, 0.05) is 41.9 Å². The highest BCUT2D eigenvalue weighted by molar-refractivity contribution is 6.06. The van der Waals surface area contributed by atoms with Gasteiger partial charge in [0.15, 0.2) is 0 Å². The summed E-state index contributed by atoms with van der Waals surface area (Å²) in [5.41, 5.74) is 0.830. The molecule has 5 rings (SSSR count). The number of ether oxygens (including phenoxy) is 1. The maximum Gasteiger partial charge on any atom is 0.252 e. The molecule has 2 heterocycles. The van der Waals surface area contributed by atoms with Gasteiger partial charge < -0.3 is 10.1 Å². The molecule has 0 radical (unpaired) electrons. The Balaban J connectivity index is 1.40. The van der Waals surface area contributed by atoms with Crippen LogP contribution in [0.15, 0.2) is 36.7 Å². The van der Waals surface area contributed by atoms with Crippen LogP contribution in [0, 0.1) is 11.8 Å². The average Bonchev–Trinajstić information content (AvgIpc) is 2.88. The van der Waals surface area contributed by atoms with Crippen molar-refractivity contribution in [1.29, 1.82) is 0 Å². The van der Waals surface area contributed by atoms with E-state index in [0.29, 0.717) is 5.92 Å². The maximum absolute atomic E-state index is 12.9. The SMILES string of the molecule is O=C(NC1CCCC23OCCC2CC13)c1cccc2cnccc12. The molecular formula is C20H22N2O2. The average molecular weight is 322 g/mol. The van der Waals surface area contributed by atoms with Crippen LogP contribution in [0.25, 0.3) is 10.8 Å². The number of amides is 1. The Labute approximate surface area is 141 Å². The molecule has 24 heavy (non-hydrogen) atoms. The lowest BCUT2D eigenvalue weighted by Gasteiger charge is -2.57. The first-order valence-corrected chi connectivity index (χ1v) is 9.05. The molecule has 3 fully saturated rings. The Kier molecular flexibility index (Phi) is 3.17. The summed E-state index contributed by atoms with van der Waals surface area (Å²) in [5.74, 6) is 1.26. The van der Waals surface area contributed by atoms with Gasteiger partial charge in [-0.25, -0.2) is 0 Å². The van der Waals surface area contributed by atoms with Gasteiger partial charge in [0.1, 0.15) is 0 Å². The number of hydrogen-bond donors (Lipinski definition) is 1. The highest BCUT2D eigenvalue weighted by Gasteiger charge is 2.62. The van der Waals surface area contributed by atoms with Crippen molar-refractivity contribution in [3.8, 4) is 0 Å². The molecule has 4 unspecified atom stereocenters. The first-order chi connectivity index (χ1) is 11.8.